The number of hydrogen-bond donors (Lipinski definition) is 1. The molecular weight excluding hydrogens is 341 g/mol. The van der Waals surface area contributed by atoms with E-state index in [-0.39, 0.29) is 5.41 Å². The molecule has 4 nitrogen and oxygen atoms in total. The van der Waals surface area contributed by atoms with Gasteiger partial charge in [-0.05, 0) is 29.0 Å². The molecule has 0 radical (unpaired) electrons. The van der Waals surface area contributed by atoms with Gasteiger partial charge in [-0.1, -0.05) is 20.8 Å². The zero-order chi connectivity index (χ0) is 13.3. The van der Waals surface area contributed by atoms with Crippen molar-refractivity contribution in [2.75, 3.05) is 25.6 Å². The summed E-state index contributed by atoms with van der Waals surface area (Å²) in [5, 5.41) is 3.17. The Morgan fingerprint density at radius 3 is 2.56 bits per heavy atom. The summed E-state index contributed by atoms with van der Waals surface area (Å²) in [6, 6.07) is 0. The Bertz CT molecular complexity index is 437. The Hall–Kier alpha value is -0.430. The van der Waals surface area contributed by atoms with E-state index in [1.807, 2.05) is 7.05 Å². The van der Waals surface area contributed by atoms with Crippen LogP contribution in [-0.2, 0) is 10.2 Å². The van der Waals surface area contributed by atoms with Crippen molar-refractivity contribution in [1.82, 2.24) is 9.97 Å². The molecule has 0 bridgehead atoms. The maximum atomic E-state index is 5.44. The first-order valence-electron chi connectivity index (χ1n) is 6.27. The molecule has 18 heavy (non-hydrogen) atoms. The van der Waals surface area contributed by atoms with E-state index in [1.54, 1.807) is 0 Å². The van der Waals surface area contributed by atoms with E-state index in [4.69, 9.17) is 9.72 Å². The van der Waals surface area contributed by atoms with Crippen LogP contribution in [0.25, 0.3) is 0 Å². The van der Waals surface area contributed by atoms with Crippen molar-refractivity contribution in [2.45, 2.75) is 38.5 Å². The third-order valence-corrected chi connectivity index (χ3v) is 4.13. The maximum absolute atomic E-state index is 5.44. The van der Waals surface area contributed by atoms with E-state index >= 15 is 0 Å². The molecule has 0 saturated carbocycles. The minimum atomic E-state index is 0.0271. The molecule has 1 N–H and O–H groups in total. The van der Waals surface area contributed by atoms with Crippen molar-refractivity contribution in [2.24, 2.45) is 0 Å². The van der Waals surface area contributed by atoms with E-state index in [0.717, 1.165) is 40.5 Å². The van der Waals surface area contributed by atoms with Crippen LogP contribution in [0.15, 0.2) is 0 Å². The van der Waals surface area contributed by atoms with Gasteiger partial charge in [-0.15, -0.1) is 0 Å². The fraction of sp³-hybridized carbons (Fsp3) is 0.692. The molecule has 100 valence electrons. The van der Waals surface area contributed by atoms with Gasteiger partial charge in [0.15, 0.2) is 0 Å². The van der Waals surface area contributed by atoms with Crippen LogP contribution in [0.3, 0.4) is 0 Å². The molecule has 0 amide bonds. The lowest BCUT2D eigenvalue weighted by molar-refractivity contribution is 0.193. The summed E-state index contributed by atoms with van der Waals surface area (Å²) in [4.78, 5) is 9.43. The van der Waals surface area contributed by atoms with E-state index in [2.05, 4.69) is 53.7 Å². The molecular formula is C13H20IN3O. The summed E-state index contributed by atoms with van der Waals surface area (Å²) >= 11 is 2.33. The second-order valence-corrected chi connectivity index (χ2v) is 6.73. The summed E-state index contributed by atoms with van der Waals surface area (Å²) in [5.41, 5.74) is 1.14. The van der Waals surface area contributed by atoms with Crippen molar-refractivity contribution in [3.05, 3.63) is 15.1 Å². The first-order valence-corrected chi connectivity index (χ1v) is 7.34. The molecule has 0 spiro atoms. The van der Waals surface area contributed by atoms with Crippen LogP contribution in [0.1, 0.15) is 44.6 Å². The third kappa shape index (κ3) is 2.77. The molecule has 2 rings (SSSR count). The van der Waals surface area contributed by atoms with E-state index in [1.165, 1.54) is 0 Å². The Labute approximate surface area is 122 Å². The summed E-state index contributed by atoms with van der Waals surface area (Å²) in [6.45, 7) is 8.12. The van der Waals surface area contributed by atoms with Gasteiger partial charge in [-0.3, -0.25) is 0 Å². The van der Waals surface area contributed by atoms with Gasteiger partial charge in [-0.25, -0.2) is 9.97 Å². The number of aromatic nitrogens is 2. The van der Waals surface area contributed by atoms with Crippen LogP contribution in [0.5, 0.6) is 0 Å². The molecule has 2 heterocycles. The van der Waals surface area contributed by atoms with Crippen LogP contribution in [0, 0.1) is 3.57 Å². The molecule has 1 fully saturated rings. The van der Waals surface area contributed by atoms with Crippen molar-refractivity contribution in [3.8, 4) is 0 Å². The molecule has 0 aromatic carbocycles. The summed E-state index contributed by atoms with van der Waals surface area (Å²) in [5.74, 6) is 2.19. The number of nitrogens with zero attached hydrogens (tertiary/aromatic N) is 2. The Morgan fingerprint density at radius 1 is 1.33 bits per heavy atom. The lowest BCUT2D eigenvalue weighted by Crippen LogP contribution is -2.20. The molecule has 1 aliphatic heterocycles. The van der Waals surface area contributed by atoms with Gasteiger partial charge in [-0.2, -0.15) is 0 Å². The van der Waals surface area contributed by atoms with Crippen molar-refractivity contribution >= 4 is 28.4 Å². The second-order valence-electron chi connectivity index (χ2n) is 5.65. The van der Waals surface area contributed by atoms with Crippen molar-refractivity contribution in [3.63, 3.8) is 0 Å². The van der Waals surface area contributed by atoms with Gasteiger partial charge in [0.1, 0.15) is 11.6 Å². The van der Waals surface area contributed by atoms with E-state index in [9.17, 15) is 0 Å². The zero-order valence-electron chi connectivity index (χ0n) is 11.4. The smallest absolute Gasteiger partial charge is 0.143 e. The minimum Gasteiger partial charge on any atom is -0.381 e. The second kappa shape index (κ2) is 5.28. The van der Waals surface area contributed by atoms with Crippen LogP contribution in [-0.4, -0.2) is 30.2 Å². The van der Waals surface area contributed by atoms with Gasteiger partial charge >= 0.3 is 0 Å². The Balaban J connectivity index is 2.48. The molecule has 5 heteroatoms. The highest BCUT2D eigenvalue weighted by Gasteiger charge is 2.27. The van der Waals surface area contributed by atoms with Gasteiger partial charge in [0.25, 0.3) is 0 Å². The van der Waals surface area contributed by atoms with E-state index < -0.39 is 0 Å². The SMILES string of the molecule is CNc1nc(C2CCOC2)nc(C(C)(C)C)c1I. The third-order valence-electron chi connectivity index (χ3n) is 3.11. The summed E-state index contributed by atoms with van der Waals surface area (Å²) in [6.07, 6.45) is 1.02. The number of ether oxygens (including phenoxy) is 1. The number of nitrogens with one attached hydrogen (secondary N) is 1. The standard InChI is InChI=1S/C13H20IN3O/c1-13(2,3)10-9(14)12(15-4)17-11(16-10)8-5-6-18-7-8/h8H,5-7H2,1-4H3,(H,15,16,17). The Morgan fingerprint density at radius 2 is 2.06 bits per heavy atom. The predicted octanol–water partition coefficient (Wildman–Crippen LogP) is 2.92. The normalized spacial score (nSPS) is 20.2. The predicted molar refractivity (Wildman–Crippen MR) is 81.2 cm³/mol. The average molecular weight is 361 g/mol. The van der Waals surface area contributed by atoms with Crippen LogP contribution >= 0.6 is 22.6 Å². The monoisotopic (exact) mass is 361 g/mol. The number of rotatable bonds is 2. The molecule has 1 unspecified atom stereocenters. The summed E-state index contributed by atoms with van der Waals surface area (Å²) < 4.78 is 6.55. The highest BCUT2D eigenvalue weighted by molar-refractivity contribution is 14.1. The summed E-state index contributed by atoms with van der Waals surface area (Å²) in [7, 11) is 1.91. The van der Waals surface area contributed by atoms with Crippen molar-refractivity contribution in [1.29, 1.82) is 0 Å². The van der Waals surface area contributed by atoms with Gasteiger partial charge in [0.2, 0.25) is 0 Å². The van der Waals surface area contributed by atoms with Crippen LogP contribution in [0.4, 0.5) is 5.82 Å². The maximum Gasteiger partial charge on any atom is 0.143 e. The van der Waals surface area contributed by atoms with Gasteiger partial charge in [0, 0.05) is 25.0 Å². The van der Waals surface area contributed by atoms with Crippen molar-refractivity contribution < 1.29 is 4.74 Å². The molecule has 0 aliphatic carbocycles. The van der Waals surface area contributed by atoms with Gasteiger partial charge < -0.3 is 10.1 Å². The molecule has 1 saturated heterocycles. The fourth-order valence-corrected chi connectivity index (χ4v) is 3.37. The number of anilines is 1. The first-order chi connectivity index (χ1) is 8.43. The topological polar surface area (TPSA) is 47.0 Å². The lowest BCUT2D eigenvalue weighted by Gasteiger charge is -2.22. The van der Waals surface area contributed by atoms with Crippen LogP contribution in [0.2, 0.25) is 0 Å². The molecule has 1 aliphatic rings. The van der Waals surface area contributed by atoms with Crippen LogP contribution < -0.4 is 5.32 Å². The molecule has 1 atom stereocenters. The highest BCUT2D eigenvalue weighted by atomic mass is 127. The highest BCUT2D eigenvalue weighted by Crippen LogP contribution is 2.32. The molecule has 1 aromatic rings. The fourth-order valence-electron chi connectivity index (χ4n) is 2.05. The quantitative estimate of drug-likeness (QED) is 0.823. The number of hydrogen-bond acceptors (Lipinski definition) is 4. The Kier molecular flexibility index (Phi) is 4.11. The average Bonchev–Trinajstić information content (AvgIpc) is 2.81. The zero-order valence-corrected chi connectivity index (χ0v) is 13.5. The lowest BCUT2D eigenvalue weighted by atomic mass is 9.91. The molecule has 1 aromatic heterocycles. The van der Waals surface area contributed by atoms with Gasteiger partial charge in [0.05, 0.1) is 15.9 Å². The van der Waals surface area contributed by atoms with E-state index in [0.29, 0.717) is 5.92 Å². The number of halogens is 1. The first kappa shape index (κ1) is 14.0. The minimum absolute atomic E-state index is 0.0271. The largest absolute Gasteiger partial charge is 0.381 e.